The molecule has 7 nitrogen and oxygen atoms in total. The molecule has 0 radical (unpaired) electrons. The molecule has 1 fully saturated rings. The zero-order valence-corrected chi connectivity index (χ0v) is 19.4. The van der Waals surface area contributed by atoms with Gasteiger partial charge in [-0.1, -0.05) is 25.1 Å². The molecule has 1 aromatic carbocycles. The van der Waals surface area contributed by atoms with E-state index in [2.05, 4.69) is 10.3 Å². The Morgan fingerprint density at radius 1 is 1.19 bits per heavy atom. The fourth-order valence-electron chi connectivity index (χ4n) is 3.34. The SMILES string of the molecule is CCCC(=O)OC(C)c1ccc(CCOc2ccc(C[C@@]3(C)SC(=O)NC3=O)cc2)nc1. The number of nitrogens with one attached hydrogen (secondary N) is 1. The van der Waals surface area contributed by atoms with E-state index in [-0.39, 0.29) is 23.2 Å². The van der Waals surface area contributed by atoms with Crippen molar-refractivity contribution in [1.82, 2.24) is 10.3 Å². The van der Waals surface area contributed by atoms with Crippen molar-refractivity contribution < 1.29 is 23.9 Å². The molecule has 0 saturated carbocycles. The summed E-state index contributed by atoms with van der Waals surface area (Å²) < 4.78 is 10.4. The van der Waals surface area contributed by atoms with Crippen molar-refractivity contribution in [2.75, 3.05) is 6.61 Å². The van der Waals surface area contributed by atoms with Gasteiger partial charge in [0.05, 0.1) is 6.61 Å². The van der Waals surface area contributed by atoms with Gasteiger partial charge in [-0.15, -0.1) is 0 Å². The smallest absolute Gasteiger partial charge is 0.306 e. The lowest BCUT2D eigenvalue weighted by Crippen LogP contribution is -2.35. The van der Waals surface area contributed by atoms with E-state index in [9.17, 15) is 14.4 Å². The van der Waals surface area contributed by atoms with Crippen molar-refractivity contribution in [3.05, 3.63) is 59.4 Å². The van der Waals surface area contributed by atoms with E-state index >= 15 is 0 Å². The number of rotatable bonds is 10. The van der Waals surface area contributed by atoms with E-state index in [4.69, 9.17) is 9.47 Å². The Hall–Kier alpha value is -2.87. The molecule has 1 unspecified atom stereocenters. The number of ether oxygens (including phenoxy) is 2. The van der Waals surface area contributed by atoms with E-state index in [1.54, 1.807) is 13.1 Å². The molecule has 2 aromatic rings. The number of carbonyl (C=O) groups excluding carboxylic acids is 3. The van der Waals surface area contributed by atoms with Gasteiger partial charge in [-0.25, -0.2) is 0 Å². The first-order chi connectivity index (χ1) is 15.3. The third-order valence-corrected chi connectivity index (χ3v) is 6.25. The number of thioether (sulfide) groups is 1. The van der Waals surface area contributed by atoms with Gasteiger partial charge in [0, 0.05) is 30.3 Å². The van der Waals surface area contributed by atoms with Gasteiger partial charge in [0.2, 0.25) is 5.91 Å². The molecule has 1 aliphatic rings. The van der Waals surface area contributed by atoms with Crippen molar-refractivity contribution in [2.45, 2.75) is 57.3 Å². The first-order valence-electron chi connectivity index (χ1n) is 10.7. The molecular weight excluding hydrogens is 428 g/mol. The van der Waals surface area contributed by atoms with E-state index in [0.29, 0.717) is 25.9 Å². The van der Waals surface area contributed by atoms with Gasteiger partial charge in [-0.05, 0) is 62.2 Å². The van der Waals surface area contributed by atoms with Crippen LogP contribution in [0.3, 0.4) is 0 Å². The van der Waals surface area contributed by atoms with Crippen molar-refractivity contribution in [2.24, 2.45) is 0 Å². The second kappa shape index (κ2) is 10.6. The maximum Gasteiger partial charge on any atom is 0.306 e. The van der Waals surface area contributed by atoms with Crippen molar-refractivity contribution >= 4 is 28.9 Å². The number of pyridine rings is 1. The highest BCUT2D eigenvalue weighted by atomic mass is 32.2. The second-order valence-corrected chi connectivity index (χ2v) is 9.43. The molecule has 1 saturated heterocycles. The average molecular weight is 457 g/mol. The number of esters is 1. The predicted octanol–water partition coefficient (Wildman–Crippen LogP) is 4.39. The van der Waals surface area contributed by atoms with E-state index in [1.165, 1.54) is 0 Å². The summed E-state index contributed by atoms with van der Waals surface area (Å²) in [5, 5.41) is 2.04. The Bertz CT molecular complexity index is 961. The topological polar surface area (TPSA) is 94.6 Å². The molecule has 1 N–H and O–H groups in total. The van der Waals surface area contributed by atoms with Gasteiger partial charge >= 0.3 is 5.97 Å². The highest BCUT2D eigenvalue weighted by molar-refractivity contribution is 8.16. The van der Waals surface area contributed by atoms with Gasteiger partial charge in [0.1, 0.15) is 16.6 Å². The lowest BCUT2D eigenvalue weighted by molar-refractivity contribution is -0.148. The number of aromatic nitrogens is 1. The molecule has 8 heteroatoms. The molecule has 2 amide bonds. The average Bonchev–Trinajstić information content (AvgIpc) is 3.00. The number of hydrogen-bond acceptors (Lipinski definition) is 7. The number of benzene rings is 1. The fraction of sp³-hybridized carbons (Fsp3) is 0.417. The van der Waals surface area contributed by atoms with Crippen LogP contribution in [0.5, 0.6) is 5.75 Å². The van der Waals surface area contributed by atoms with Crippen LogP contribution in [0.4, 0.5) is 4.79 Å². The van der Waals surface area contributed by atoms with Gasteiger partial charge in [-0.3, -0.25) is 24.7 Å². The number of nitrogens with zero attached hydrogens (tertiary/aromatic N) is 1. The van der Waals surface area contributed by atoms with Crippen molar-refractivity contribution in [3.63, 3.8) is 0 Å². The summed E-state index contributed by atoms with van der Waals surface area (Å²) in [4.78, 5) is 39.5. The van der Waals surface area contributed by atoms with Gasteiger partial charge in [-0.2, -0.15) is 0 Å². The number of imide groups is 1. The zero-order valence-electron chi connectivity index (χ0n) is 18.6. The lowest BCUT2D eigenvalue weighted by Gasteiger charge is -2.18. The highest BCUT2D eigenvalue weighted by Gasteiger charge is 2.43. The minimum atomic E-state index is -0.775. The van der Waals surface area contributed by atoms with E-state index < -0.39 is 4.75 Å². The van der Waals surface area contributed by atoms with Crippen LogP contribution in [-0.4, -0.2) is 33.5 Å². The molecule has 0 spiro atoms. The summed E-state index contributed by atoms with van der Waals surface area (Å²) >= 11 is 1.03. The summed E-state index contributed by atoms with van der Waals surface area (Å²) in [5.74, 6) is 0.280. The van der Waals surface area contributed by atoms with Crippen LogP contribution in [0, 0.1) is 0 Å². The van der Waals surface area contributed by atoms with Crippen LogP contribution in [0.15, 0.2) is 42.6 Å². The van der Waals surface area contributed by atoms with Crippen molar-refractivity contribution in [1.29, 1.82) is 0 Å². The molecule has 0 aliphatic carbocycles. The monoisotopic (exact) mass is 456 g/mol. The Morgan fingerprint density at radius 2 is 1.94 bits per heavy atom. The first kappa shape index (κ1) is 23.8. The van der Waals surface area contributed by atoms with Crippen LogP contribution < -0.4 is 10.1 Å². The van der Waals surface area contributed by atoms with Crippen LogP contribution in [0.25, 0.3) is 0 Å². The maximum absolute atomic E-state index is 12.0. The highest BCUT2D eigenvalue weighted by Crippen LogP contribution is 2.34. The van der Waals surface area contributed by atoms with Crippen LogP contribution in [-0.2, 0) is 27.2 Å². The minimum absolute atomic E-state index is 0.198. The number of amides is 2. The molecule has 3 rings (SSSR count). The van der Waals surface area contributed by atoms with E-state index in [0.717, 1.165) is 40.8 Å². The molecule has 0 bridgehead atoms. The molecule has 170 valence electrons. The second-order valence-electron chi connectivity index (χ2n) is 7.96. The quantitative estimate of drug-likeness (QED) is 0.530. The minimum Gasteiger partial charge on any atom is -0.493 e. The molecule has 1 aliphatic heterocycles. The molecule has 32 heavy (non-hydrogen) atoms. The maximum atomic E-state index is 12.0. The predicted molar refractivity (Wildman–Crippen MR) is 123 cm³/mol. The molecular formula is C24H28N2O5S. The normalized spacial score (nSPS) is 18.8. The summed E-state index contributed by atoms with van der Waals surface area (Å²) in [5.41, 5.74) is 2.71. The summed E-state index contributed by atoms with van der Waals surface area (Å²) in [6, 6.07) is 11.4. The number of hydrogen-bond donors (Lipinski definition) is 1. The zero-order chi connectivity index (χ0) is 23.1. The Balaban J connectivity index is 1.46. The third-order valence-electron chi connectivity index (χ3n) is 5.18. The van der Waals surface area contributed by atoms with Crippen LogP contribution in [0.1, 0.15) is 56.5 Å². The Labute approximate surface area is 192 Å². The number of carbonyl (C=O) groups is 3. The summed E-state index contributed by atoms with van der Waals surface area (Å²) in [6.45, 7) is 6.03. The molecule has 2 atom stereocenters. The van der Waals surface area contributed by atoms with E-state index in [1.807, 2.05) is 50.2 Å². The summed E-state index contributed by atoms with van der Waals surface area (Å²) in [6.07, 6.45) is 3.71. The molecule has 2 heterocycles. The Morgan fingerprint density at radius 3 is 2.53 bits per heavy atom. The Kier molecular flexibility index (Phi) is 7.90. The standard InChI is InChI=1S/C24H28N2O5S/c1-4-5-21(27)31-16(2)18-8-9-19(25-15-18)12-13-30-20-10-6-17(7-11-20)14-24(3)22(28)26-23(29)32-24/h6-11,15-16H,4-5,12-14H2,1-3H3,(H,26,28,29)/t16?,24-/m1/s1. The fourth-order valence-corrected chi connectivity index (χ4v) is 4.27. The lowest BCUT2D eigenvalue weighted by atomic mass is 9.99. The van der Waals surface area contributed by atoms with Gasteiger partial charge in [0.25, 0.3) is 5.24 Å². The van der Waals surface area contributed by atoms with Crippen LogP contribution in [0.2, 0.25) is 0 Å². The third kappa shape index (κ3) is 6.32. The van der Waals surface area contributed by atoms with Gasteiger partial charge < -0.3 is 9.47 Å². The van der Waals surface area contributed by atoms with Gasteiger partial charge in [0.15, 0.2) is 0 Å². The molecule has 1 aromatic heterocycles. The van der Waals surface area contributed by atoms with Crippen molar-refractivity contribution in [3.8, 4) is 5.75 Å². The summed E-state index contributed by atoms with van der Waals surface area (Å²) in [7, 11) is 0. The van der Waals surface area contributed by atoms with Crippen LogP contribution >= 0.6 is 11.8 Å². The largest absolute Gasteiger partial charge is 0.493 e. The first-order valence-corrected chi connectivity index (χ1v) is 11.5.